The lowest BCUT2D eigenvalue weighted by molar-refractivity contribution is 0.414. The number of halogens is 1. The first-order chi connectivity index (χ1) is 10.7. The first-order valence-corrected chi connectivity index (χ1v) is 9.14. The Bertz CT molecular complexity index is 623. The Morgan fingerprint density at radius 3 is 2.21 bits per heavy atom. The van der Waals surface area contributed by atoms with E-state index < -0.39 is 14.6 Å². The quantitative estimate of drug-likeness (QED) is 0.380. The third-order valence-corrected chi connectivity index (χ3v) is 6.05. The smallest absolute Gasteiger partial charge is 0.191 e. The van der Waals surface area contributed by atoms with Crippen molar-refractivity contribution in [3.05, 3.63) is 29.8 Å². The van der Waals surface area contributed by atoms with Crippen molar-refractivity contribution in [2.45, 2.75) is 32.1 Å². The van der Waals surface area contributed by atoms with Gasteiger partial charge in [-0.15, -0.1) is 24.0 Å². The fourth-order valence-corrected chi connectivity index (χ4v) is 2.74. The summed E-state index contributed by atoms with van der Waals surface area (Å²) in [7, 11) is 0.148. The van der Waals surface area contributed by atoms with E-state index >= 15 is 0 Å². The Morgan fingerprint density at radius 2 is 1.75 bits per heavy atom. The Labute approximate surface area is 162 Å². The molecule has 1 aromatic carbocycles. The second-order valence-electron chi connectivity index (χ2n) is 6.13. The van der Waals surface area contributed by atoms with Gasteiger partial charge in [0.05, 0.1) is 17.6 Å². The van der Waals surface area contributed by atoms with Crippen LogP contribution in [0.2, 0.25) is 0 Å². The number of aliphatic imine (C=N–C) groups is 1. The maximum atomic E-state index is 12.0. The number of ether oxygens (including phenoxy) is 1. The van der Waals surface area contributed by atoms with Gasteiger partial charge < -0.3 is 15.4 Å². The van der Waals surface area contributed by atoms with Crippen molar-refractivity contribution < 1.29 is 13.2 Å². The molecule has 6 nitrogen and oxygen atoms in total. The molecule has 138 valence electrons. The molecule has 2 N–H and O–H groups in total. The number of nitrogens with one attached hydrogen (secondary N) is 2. The summed E-state index contributed by atoms with van der Waals surface area (Å²) in [6.07, 6.45) is 0. The zero-order valence-corrected chi connectivity index (χ0v) is 18.1. The lowest BCUT2D eigenvalue weighted by Crippen LogP contribution is -2.41. The van der Waals surface area contributed by atoms with Gasteiger partial charge in [-0.05, 0) is 38.5 Å². The van der Waals surface area contributed by atoms with Gasteiger partial charge in [0.1, 0.15) is 5.75 Å². The van der Waals surface area contributed by atoms with E-state index in [4.69, 9.17) is 4.74 Å². The van der Waals surface area contributed by atoms with Crippen LogP contribution in [0.3, 0.4) is 0 Å². The van der Waals surface area contributed by atoms with E-state index in [1.165, 1.54) is 0 Å². The molecule has 8 heteroatoms. The lowest BCUT2D eigenvalue weighted by Gasteiger charge is -2.19. The predicted octanol–water partition coefficient (Wildman–Crippen LogP) is 2.19. The van der Waals surface area contributed by atoms with Gasteiger partial charge in [-0.25, -0.2) is 8.42 Å². The lowest BCUT2D eigenvalue weighted by atomic mass is 10.2. The van der Waals surface area contributed by atoms with Crippen LogP contribution in [0.1, 0.15) is 26.3 Å². The van der Waals surface area contributed by atoms with Crippen LogP contribution in [0.15, 0.2) is 29.3 Å². The van der Waals surface area contributed by atoms with Crippen LogP contribution in [0.5, 0.6) is 5.75 Å². The van der Waals surface area contributed by atoms with Crippen LogP contribution in [0.4, 0.5) is 0 Å². The third-order valence-electron chi connectivity index (χ3n) is 3.44. The fraction of sp³-hybridized carbons (Fsp3) is 0.562. The van der Waals surface area contributed by atoms with Crippen LogP contribution in [0, 0.1) is 0 Å². The molecular weight excluding hydrogens is 441 g/mol. The highest BCUT2D eigenvalue weighted by Crippen LogP contribution is 2.15. The Balaban J connectivity index is 0.00000529. The monoisotopic (exact) mass is 469 g/mol. The van der Waals surface area contributed by atoms with Crippen molar-refractivity contribution >= 4 is 39.8 Å². The average Bonchev–Trinajstić information content (AvgIpc) is 2.50. The molecule has 0 heterocycles. The molecule has 0 fully saturated rings. The van der Waals surface area contributed by atoms with Gasteiger partial charge in [0.2, 0.25) is 0 Å². The molecule has 0 aliphatic carbocycles. The van der Waals surface area contributed by atoms with E-state index in [0.717, 1.165) is 11.3 Å². The van der Waals surface area contributed by atoms with E-state index in [1.807, 2.05) is 24.3 Å². The minimum Gasteiger partial charge on any atom is -0.497 e. The summed E-state index contributed by atoms with van der Waals surface area (Å²) in [5.41, 5.74) is 1.08. The van der Waals surface area contributed by atoms with Crippen molar-refractivity contribution in [2.75, 3.05) is 26.5 Å². The molecule has 0 radical (unpaired) electrons. The molecule has 0 atom stereocenters. The minimum atomic E-state index is -3.14. The van der Waals surface area contributed by atoms with Gasteiger partial charge >= 0.3 is 0 Å². The van der Waals surface area contributed by atoms with Crippen molar-refractivity contribution in [2.24, 2.45) is 4.99 Å². The third kappa shape index (κ3) is 7.25. The van der Waals surface area contributed by atoms with Crippen LogP contribution >= 0.6 is 24.0 Å². The molecule has 1 rings (SSSR count). The first kappa shape index (κ1) is 23.0. The molecule has 0 amide bonds. The number of hydrogen-bond donors (Lipinski definition) is 2. The molecule has 0 bridgehead atoms. The number of benzene rings is 1. The normalized spacial score (nSPS) is 12.3. The van der Waals surface area contributed by atoms with Gasteiger partial charge in [-0.2, -0.15) is 0 Å². The summed E-state index contributed by atoms with van der Waals surface area (Å²) in [5, 5.41) is 6.18. The standard InChI is InChI=1S/C16H27N3O3S.HI/c1-16(2,3)23(20,21)11-10-18-15(17-4)19-12-13-6-8-14(22-5)9-7-13;/h6-9H,10-12H2,1-5H3,(H2,17,18,19);1H. The van der Waals surface area contributed by atoms with Crippen LogP contribution in [0.25, 0.3) is 0 Å². The Hall–Kier alpha value is -1.03. The number of methoxy groups -OCH3 is 1. The van der Waals surface area contributed by atoms with Crippen molar-refractivity contribution in [3.8, 4) is 5.75 Å². The molecule has 0 aliphatic heterocycles. The van der Waals surface area contributed by atoms with Crippen molar-refractivity contribution in [1.82, 2.24) is 10.6 Å². The molecule has 0 aliphatic rings. The number of guanidine groups is 1. The first-order valence-electron chi connectivity index (χ1n) is 7.49. The molecule has 0 saturated heterocycles. The zero-order chi connectivity index (χ0) is 17.5. The number of hydrogen-bond acceptors (Lipinski definition) is 4. The molecule has 0 spiro atoms. The van der Waals surface area contributed by atoms with Crippen molar-refractivity contribution in [1.29, 1.82) is 0 Å². The van der Waals surface area contributed by atoms with Crippen LogP contribution in [-0.4, -0.2) is 45.6 Å². The van der Waals surface area contributed by atoms with E-state index in [1.54, 1.807) is 34.9 Å². The largest absolute Gasteiger partial charge is 0.497 e. The van der Waals surface area contributed by atoms with Gasteiger partial charge in [0.25, 0.3) is 0 Å². The molecule has 0 aromatic heterocycles. The van der Waals surface area contributed by atoms with E-state index in [9.17, 15) is 8.42 Å². The second-order valence-corrected chi connectivity index (χ2v) is 8.99. The molecular formula is C16H28IN3O3S. The molecule has 1 aromatic rings. The highest BCUT2D eigenvalue weighted by Gasteiger charge is 2.28. The Morgan fingerprint density at radius 1 is 1.17 bits per heavy atom. The summed E-state index contributed by atoms with van der Waals surface area (Å²) in [6.45, 7) is 6.04. The van der Waals surface area contributed by atoms with Gasteiger partial charge in [-0.1, -0.05) is 12.1 Å². The summed E-state index contributed by atoms with van der Waals surface area (Å²) < 4.78 is 28.5. The maximum absolute atomic E-state index is 12.0. The summed E-state index contributed by atoms with van der Waals surface area (Å²) in [5.74, 6) is 1.45. The van der Waals surface area contributed by atoms with Gasteiger partial charge in [-0.3, -0.25) is 4.99 Å². The summed E-state index contributed by atoms with van der Waals surface area (Å²) in [6, 6.07) is 7.71. The van der Waals surface area contributed by atoms with E-state index in [2.05, 4.69) is 15.6 Å². The SMILES string of the molecule is CN=C(NCCS(=O)(=O)C(C)(C)C)NCc1ccc(OC)cc1.I. The van der Waals surface area contributed by atoms with E-state index in [-0.39, 0.29) is 29.7 Å². The molecule has 0 saturated carbocycles. The zero-order valence-electron chi connectivity index (χ0n) is 14.9. The Kier molecular flexibility index (Phi) is 9.64. The maximum Gasteiger partial charge on any atom is 0.191 e. The van der Waals surface area contributed by atoms with Crippen LogP contribution < -0.4 is 15.4 Å². The van der Waals surface area contributed by atoms with Crippen molar-refractivity contribution in [3.63, 3.8) is 0 Å². The number of rotatable bonds is 6. The van der Waals surface area contributed by atoms with Gasteiger partial charge in [0.15, 0.2) is 15.8 Å². The fourth-order valence-electron chi connectivity index (χ4n) is 1.76. The molecule has 0 unspecified atom stereocenters. The highest BCUT2D eigenvalue weighted by molar-refractivity contribution is 14.0. The number of sulfone groups is 1. The van der Waals surface area contributed by atoms with Gasteiger partial charge in [0, 0.05) is 20.1 Å². The number of nitrogens with zero attached hydrogens (tertiary/aromatic N) is 1. The summed E-state index contributed by atoms with van der Waals surface area (Å²) >= 11 is 0. The summed E-state index contributed by atoms with van der Waals surface area (Å²) in [4.78, 5) is 4.09. The molecule has 24 heavy (non-hydrogen) atoms. The topological polar surface area (TPSA) is 79.8 Å². The predicted molar refractivity (Wildman–Crippen MR) is 110 cm³/mol. The average molecular weight is 469 g/mol. The highest BCUT2D eigenvalue weighted by atomic mass is 127. The second kappa shape index (κ2) is 10.1. The van der Waals surface area contributed by atoms with E-state index in [0.29, 0.717) is 19.0 Å². The van der Waals surface area contributed by atoms with Crippen LogP contribution in [-0.2, 0) is 16.4 Å². The minimum absolute atomic E-state index is 0.